The van der Waals surface area contributed by atoms with E-state index in [2.05, 4.69) is 4.98 Å². The first kappa shape index (κ1) is 10.8. The Kier molecular flexibility index (Phi) is 2.97. The van der Waals surface area contributed by atoms with Crippen molar-refractivity contribution in [3.63, 3.8) is 0 Å². The summed E-state index contributed by atoms with van der Waals surface area (Å²) in [7, 11) is 0. The predicted octanol–water partition coefficient (Wildman–Crippen LogP) is 2.58. The maximum atomic E-state index is 13.5. The van der Waals surface area contributed by atoms with Crippen LogP contribution in [-0.4, -0.2) is 4.98 Å². The smallest absolute Gasteiger partial charge is 0.128 e. The third kappa shape index (κ3) is 2.09. The predicted molar refractivity (Wildman–Crippen MR) is 61.4 cm³/mol. The molecule has 0 aliphatic heterocycles. The van der Waals surface area contributed by atoms with E-state index in [9.17, 15) is 4.39 Å². The van der Waals surface area contributed by atoms with Gasteiger partial charge >= 0.3 is 0 Å². The summed E-state index contributed by atoms with van der Waals surface area (Å²) in [6.07, 6.45) is 3.42. The van der Waals surface area contributed by atoms with Crippen molar-refractivity contribution in [2.24, 2.45) is 5.73 Å². The third-order valence-corrected chi connectivity index (χ3v) is 2.50. The van der Waals surface area contributed by atoms with Crippen molar-refractivity contribution in [3.8, 4) is 0 Å². The molecule has 0 aliphatic carbocycles. The van der Waals surface area contributed by atoms with Gasteiger partial charge in [0.1, 0.15) is 5.82 Å². The summed E-state index contributed by atoms with van der Waals surface area (Å²) in [5, 5.41) is 0. The van der Waals surface area contributed by atoms with Crippen LogP contribution < -0.4 is 5.73 Å². The van der Waals surface area contributed by atoms with Crippen LogP contribution in [0.15, 0.2) is 42.7 Å². The van der Waals surface area contributed by atoms with Crippen molar-refractivity contribution in [2.45, 2.75) is 13.0 Å². The minimum atomic E-state index is -0.464. The van der Waals surface area contributed by atoms with Gasteiger partial charge in [0.25, 0.3) is 0 Å². The Labute approximate surface area is 93.9 Å². The molecule has 0 saturated carbocycles. The van der Waals surface area contributed by atoms with Gasteiger partial charge in [0, 0.05) is 18.0 Å². The van der Waals surface area contributed by atoms with E-state index < -0.39 is 6.04 Å². The Bertz CT molecular complexity index is 497. The normalized spacial score (nSPS) is 12.4. The topological polar surface area (TPSA) is 38.9 Å². The zero-order valence-corrected chi connectivity index (χ0v) is 9.02. The van der Waals surface area contributed by atoms with E-state index in [1.54, 1.807) is 30.6 Å². The van der Waals surface area contributed by atoms with Gasteiger partial charge in [0.2, 0.25) is 0 Å². The SMILES string of the molecule is Cc1cncc(C(N)c2ccccc2F)c1. The van der Waals surface area contributed by atoms with E-state index in [4.69, 9.17) is 5.73 Å². The Morgan fingerprint density at radius 2 is 2.00 bits per heavy atom. The van der Waals surface area contributed by atoms with Crippen molar-refractivity contribution >= 4 is 0 Å². The number of nitrogens with zero attached hydrogens (tertiary/aromatic N) is 1. The molecular weight excluding hydrogens is 203 g/mol. The molecular formula is C13H13FN2. The fraction of sp³-hybridized carbons (Fsp3) is 0.154. The van der Waals surface area contributed by atoms with E-state index in [-0.39, 0.29) is 5.82 Å². The molecule has 2 aromatic rings. The lowest BCUT2D eigenvalue weighted by Crippen LogP contribution is -2.13. The summed E-state index contributed by atoms with van der Waals surface area (Å²) in [5.74, 6) is -0.281. The van der Waals surface area contributed by atoms with Crippen LogP contribution in [0.1, 0.15) is 22.7 Å². The van der Waals surface area contributed by atoms with Crippen molar-refractivity contribution in [1.82, 2.24) is 4.98 Å². The van der Waals surface area contributed by atoms with Gasteiger partial charge in [-0.3, -0.25) is 4.98 Å². The summed E-state index contributed by atoms with van der Waals surface area (Å²) in [4.78, 5) is 4.06. The Balaban J connectivity index is 2.39. The molecule has 1 aromatic carbocycles. The van der Waals surface area contributed by atoms with Gasteiger partial charge in [-0.1, -0.05) is 24.3 Å². The minimum absolute atomic E-state index is 0.281. The lowest BCUT2D eigenvalue weighted by molar-refractivity contribution is 0.599. The summed E-state index contributed by atoms with van der Waals surface area (Å²) >= 11 is 0. The summed E-state index contributed by atoms with van der Waals surface area (Å²) in [5.41, 5.74) is 8.34. The molecule has 1 aromatic heterocycles. The number of pyridine rings is 1. The lowest BCUT2D eigenvalue weighted by Gasteiger charge is -2.13. The van der Waals surface area contributed by atoms with Crippen molar-refractivity contribution in [1.29, 1.82) is 0 Å². The maximum absolute atomic E-state index is 13.5. The van der Waals surface area contributed by atoms with Crippen LogP contribution in [-0.2, 0) is 0 Å². The summed E-state index contributed by atoms with van der Waals surface area (Å²) in [6.45, 7) is 1.94. The van der Waals surface area contributed by atoms with Crippen LogP contribution in [0.3, 0.4) is 0 Å². The number of aromatic nitrogens is 1. The van der Waals surface area contributed by atoms with E-state index in [0.717, 1.165) is 11.1 Å². The quantitative estimate of drug-likeness (QED) is 0.838. The minimum Gasteiger partial charge on any atom is -0.320 e. The van der Waals surface area contributed by atoms with Crippen molar-refractivity contribution in [2.75, 3.05) is 0 Å². The van der Waals surface area contributed by atoms with Crippen LogP contribution in [0.2, 0.25) is 0 Å². The molecule has 2 rings (SSSR count). The number of hydrogen-bond donors (Lipinski definition) is 1. The second-order valence-corrected chi connectivity index (χ2v) is 3.79. The first-order valence-corrected chi connectivity index (χ1v) is 5.10. The van der Waals surface area contributed by atoms with E-state index in [1.165, 1.54) is 6.07 Å². The highest BCUT2D eigenvalue weighted by atomic mass is 19.1. The number of rotatable bonds is 2. The van der Waals surface area contributed by atoms with Crippen LogP contribution in [0.25, 0.3) is 0 Å². The average molecular weight is 216 g/mol. The summed E-state index contributed by atoms with van der Waals surface area (Å²) < 4.78 is 13.5. The van der Waals surface area contributed by atoms with Crippen molar-refractivity contribution in [3.05, 3.63) is 65.2 Å². The van der Waals surface area contributed by atoms with Gasteiger partial charge in [0.15, 0.2) is 0 Å². The van der Waals surface area contributed by atoms with Crippen LogP contribution in [0.4, 0.5) is 4.39 Å². The lowest BCUT2D eigenvalue weighted by atomic mass is 10.00. The molecule has 0 radical (unpaired) electrons. The zero-order chi connectivity index (χ0) is 11.5. The molecule has 0 spiro atoms. The molecule has 1 heterocycles. The van der Waals surface area contributed by atoms with Crippen LogP contribution >= 0.6 is 0 Å². The molecule has 2 N–H and O–H groups in total. The van der Waals surface area contributed by atoms with Crippen LogP contribution in [0, 0.1) is 12.7 Å². The molecule has 82 valence electrons. The maximum Gasteiger partial charge on any atom is 0.128 e. The zero-order valence-electron chi connectivity index (χ0n) is 9.02. The second kappa shape index (κ2) is 4.41. The van der Waals surface area contributed by atoms with Gasteiger partial charge in [0.05, 0.1) is 6.04 Å². The number of aryl methyl sites for hydroxylation is 1. The molecule has 0 aliphatic rings. The highest BCUT2D eigenvalue weighted by molar-refractivity contribution is 5.32. The van der Waals surface area contributed by atoms with Gasteiger partial charge in [-0.25, -0.2) is 4.39 Å². The molecule has 0 saturated heterocycles. The Morgan fingerprint density at radius 1 is 1.25 bits per heavy atom. The monoisotopic (exact) mass is 216 g/mol. The number of benzene rings is 1. The molecule has 0 bridgehead atoms. The number of hydrogen-bond acceptors (Lipinski definition) is 2. The van der Waals surface area contributed by atoms with E-state index in [1.807, 2.05) is 13.0 Å². The highest BCUT2D eigenvalue weighted by Crippen LogP contribution is 2.21. The van der Waals surface area contributed by atoms with Crippen molar-refractivity contribution < 1.29 is 4.39 Å². The standard InChI is InChI=1S/C13H13FN2/c1-9-6-10(8-16-7-9)13(15)11-4-2-3-5-12(11)14/h2-8,13H,15H2,1H3. The Hall–Kier alpha value is -1.74. The molecule has 16 heavy (non-hydrogen) atoms. The fourth-order valence-corrected chi connectivity index (χ4v) is 1.66. The third-order valence-electron chi connectivity index (χ3n) is 2.50. The first-order valence-electron chi connectivity index (χ1n) is 5.10. The molecule has 0 fully saturated rings. The molecule has 1 unspecified atom stereocenters. The molecule has 2 nitrogen and oxygen atoms in total. The number of nitrogens with two attached hydrogens (primary N) is 1. The first-order chi connectivity index (χ1) is 7.68. The van der Waals surface area contributed by atoms with Gasteiger partial charge < -0.3 is 5.73 Å². The van der Waals surface area contributed by atoms with E-state index in [0.29, 0.717) is 5.56 Å². The fourth-order valence-electron chi connectivity index (χ4n) is 1.66. The van der Waals surface area contributed by atoms with Gasteiger partial charge in [-0.2, -0.15) is 0 Å². The van der Waals surface area contributed by atoms with E-state index >= 15 is 0 Å². The molecule has 0 amide bonds. The van der Waals surface area contributed by atoms with Gasteiger partial charge in [-0.15, -0.1) is 0 Å². The molecule has 3 heteroatoms. The summed E-state index contributed by atoms with van der Waals surface area (Å²) in [6, 6.07) is 8.00. The highest BCUT2D eigenvalue weighted by Gasteiger charge is 2.13. The molecule has 1 atom stereocenters. The second-order valence-electron chi connectivity index (χ2n) is 3.79. The number of halogens is 1. The van der Waals surface area contributed by atoms with Gasteiger partial charge in [-0.05, 0) is 24.1 Å². The largest absolute Gasteiger partial charge is 0.320 e. The average Bonchev–Trinajstić information content (AvgIpc) is 2.29. The van der Waals surface area contributed by atoms with Crippen LogP contribution in [0.5, 0.6) is 0 Å². The Morgan fingerprint density at radius 3 is 2.69 bits per heavy atom.